The maximum Gasteiger partial charge on any atom is 0.210 e. The SMILES string of the molecule is C=C[PH](=O)O.CCCCC. The van der Waals surface area contributed by atoms with Gasteiger partial charge >= 0.3 is 0 Å². The Hall–Kier alpha value is -0.0700. The van der Waals surface area contributed by atoms with Gasteiger partial charge in [0.1, 0.15) is 0 Å². The second-order valence-electron chi connectivity index (χ2n) is 1.90. The van der Waals surface area contributed by atoms with E-state index < -0.39 is 8.03 Å². The molecule has 0 fully saturated rings. The lowest BCUT2D eigenvalue weighted by Crippen LogP contribution is -1.59. The van der Waals surface area contributed by atoms with Crippen LogP contribution in [0.5, 0.6) is 0 Å². The van der Waals surface area contributed by atoms with Crippen molar-refractivity contribution in [2.45, 2.75) is 33.1 Å². The van der Waals surface area contributed by atoms with Crippen LogP contribution in [-0.4, -0.2) is 4.89 Å². The molecular weight excluding hydrogens is 147 g/mol. The zero-order valence-electron chi connectivity index (χ0n) is 6.76. The van der Waals surface area contributed by atoms with Crippen LogP contribution in [0.25, 0.3) is 0 Å². The molecule has 2 nitrogen and oxygen atoms in total. The van der Waals surface area contributed by atoms with Gasteiger partial charge in [-0.2, -0.15) is 0 Å². The third-order valence-electron chi connectivity index (χ3n) is 0.882. The van der Waals surface area contributed by atoms with Gasteiger partial charge in [-0.05, 0) is 5.82 Å². The molecule has 0 saturated carbocycles. The van der Waals surface area contributed by atoms with Crippen LogP contribution in [0.2, 0.25) is 0 Å². The normalized spacial score (nSPS) is 11.1. The average molecular weight is 164 g/mol. The van der Waals surface area contributed by atoms with Crippen molar-refractivity contribution in [3.8, 4) is 0 Å². The molecule has 0 aliphatic rings. The predicted molar refractivity (Wildman–Crippen MR) is 46.6 cm³/mol. The minimum absolute atomic E-state index is 1.02. The van der Waals surface area contributed by atoms with E-state index in [1.807, 2.05) is 0 Å². The predicted octanol–water partition coefficient (Wildman–Crippen LogP) is 2.79. The molecule has 0 aromatic carbocycles. The highest BCUT2D eigenvalue weighted by atomic mass is 31.1. The molecule has 0 aromatic heterocycles. The Labute approximate surface area is 63.8 Å². The minimum atomic E-state index is -2.36. The largest absolute Gasteiger partial charge is 0.344 e. The van der Waals surface area contributed by atoms with E-state index in [0.717, 1.165) is 5.82 Å². The van der Waals surface area contributed by atoms with Gasteiger partial charge in [-0.15, -0.1) is 0 Å². The summed E-state index contributed by atoms with van der Waals surface area (Å²) in [5.41, 5.74) is 0. The van der Waals surface area contributed by atoms with Crippen molar-refractivity contribution in [2.24, 2.45) is 0 Å². The van der Waals surface area contributed by atoms with Gasteiger partial charge in [0, 0.05) is 0 Å². The van der Waals surface area contributed by atoms with E-state index >= 15 is 0 Å². The van der Waals surface area contributed by atoms with E-state index in [4.69, 9.17) is 4.89 Å². The van der Waals surface area contributed by atoms with E-state index in [1.54, 1.807) is 0 Å². The zero-order chi connectivity index (χ0) is 8.41. The summed E-state index contributed by atoms with van der Waals surface area (Å²) in [4.78, 5) is 7.79. The summed E-state index contributed by atoms with van der Waals surface area (Å²) in [6, 6.07) is 0. The fourth-order valence-electron chi connectivity index (χ4n) is 0.354. The second kappa shape index (κ2) is 11.7. The van der Waals surface area contributed by atoms with Crippen LogP contribution in [0.1, 0.15) is 33.1 Å². The first-order valence-corrected chi connectivity index (χ1v) is 4.97. The summed E-state index contributed by atoms with van der Waals surface area (Å²) in [6.45, 7) is 7.47. The van der Waals surface area contributed by atoms with Crippen LogP contribution >= 0.6 is 8.03 Å². The Bertz CT molecular complexity index is 89.6. The molecule has 62 valence electrons. The third-order valence-corrected chi connectivity index (χ3v) is 1.23. The van der Waals surface area contributed by atoms with E-state index in [0.29, 0.717) is 0 Å². The van der Waals surface area contributed by atoms with Gasteiger partial charge < -0.3 is 4.89 Å². The van der Waals surface area contributed by atoms with Crippen molar-refractivity contribution < 1.29 is 9.46 Å². The lowest BCUT2D eigenvalue weighted by Gasteiger charge is -1.79. The van der Waals surface area contributed by atoms with Crippen molar-refractivity contribution in [3.63, 3.8) is 0 Å². The van der Waals surface area contributed by atoms with E-state index in [-0.39, 0.29) is 0 Å². The molecule has 0 bridgehead atoms. The van der Waals surface area contributed by atoms with Crippen LogP contribution in [0, 0.1) is 0 Å². The van der Waals surface area contributed by atoms with Crippen molar-refractivity contribution >= 4 is 8.03 Å². The summed E-state index contributed by atoms with van der Waals surface area (Å²) in [5, 5.41) is 0. The Balaban J connectivity index is 0. The van der Waals surface area contributed by atoms with Crippen molar-refractivity contribution in [1.82, 2.24) is 0 Å². The first kappa shape index (κ1) is 12.6. The van der Waals surface area contributed by atoms with E-state index in [9.17, 15) is 4.57 Å². The average Bonchev–Trinajstić information content (AvgIpc) is 1.91. The number of hydrogen-bond donors (Lipinski definition) is 1. The topological polar surface area (TPSA) is 37.3 Å². The van der Waals surface area contributed by atoms with Gasteiger partial charge in [0.25, 0.3) is 0 Å². The molecule has 0 radical (unpaired) electrons. The Morgan fingerprint density at radius 1 is 1.50 bits per heavy atom. The molecule has 1 atom stereocenters. The third kappa shape index (κ3) is 24.7. The van der Waals surface area contributed by atoms with Crippen molar-refractivity contribution in [2.75, 3.05) is 0 Å². The molecule has 0 saturated heterocycles. The molecule has 0 aliphatic heterocycles. The van der Waals surface area contributed by atoms with E-state index in [1.165, 1.54) is 19.3 Å². The molecular formula is C7H17O2P. The number of unbranched alkanes of at least 4 members (excludes halogenated alkanes) is 2. The monoisotopic (exact) mass is 164 g/mol. The van der Waals surface area contributed by atoms with Crippen LogP contribution in [0.15, 0.2) is 12.4 Å². The second-order valence-corrected chi connectivity index (χ2v) is 2.98. The molecule has 0 rings (SSSR count). The molecule has 0 spiro atoms. The van der Waals surface area contributed by atoms with Gasteiger partial charge in [0.2, 0.25) is 8.03 Å². The lowest BCUT2D eigenvalue weighted by atomic mass is 10.3. The number of hydrogen-bond acceptors (Lipinski definition) is 1. The van der Waals surface area contributed by atoms with E-state index in [2.05, 4.69) is 20.4 Å². The summed E-state index contributed by atoms with van der Waals surface area (Å²) < 4.78 is 9.44. The lowest BCUT2D eigenvalue weighted by molar-refractivity contribution is 0.512. The van der Waals surface area contributed by atoms with Crippen LogP contribution in [0.4, 0.5) is 0 Å². The highest BCUT2D eigenvalue weighted by Gasteiger charge is 1.68. The summed E-state index contributed by atoms with van der Waals surface area (Å²) in [6.07, 6.45) is 4.08. The minimum Gasteiger partial charge on any atom is -0.344 e. The van der Waals surface area contributed by atoms with Crippen molar-refractivity contribution in [3.05, 3.63) is 12.4 Å². The molecule has 1 unspecified atom stereocenters. The quantitative estimate of drug-likeness (QED) is 0.651. The fourth-order valence-corrected chi connectivity index (χ4v) is 0.354. The summed E-state index contributed by atoms with van der Waals surface area (Å²) in [5.74, 6) is 1.02. The standard InChI is InChI=1S/C5H12.C2H5O2P/c1-3-5-4-2;1-2-5(3)4/h3-5H2,1-2H3;2,5H,1H2,(H,3,4). The molecule has 10 heavy (non-hydrogen) atoms. The van der Waals surface area contributed by atoms with Crippen molar-refractivity contribution in [1.29, 1.82) is 0 Å². The van der Waals surface area contributed by atoms with Crippen LogP contribution in [-0.2, 0) is 4.57 Å². The van der Waals surface area contributed by atoms with Crippen LogP contribution < -0.4 is 0 Å². The molecule has 0 heterocycles. The molecule has 0 aliphatic carbocycles. The first-order valence-electron chi connectivity index (χ1n) is 3.54. The Morgan fingerprint density at radius 3 is 1.80 bits per heavy atom. The maximum absolute atomic E-state index is 9.44. The summed E-state index contributed by atoms with van der Waals surface area (Å²) >= 11 is 0. The summed E-state index contributed by atoms with van der Waals surface area (Å²) in [7, 11) is -2.36. The zero-order valence-corrected chi connectivity index (χ0v) is 7.76. The highest BCUT2D eigenvalue weighted by Crippen LogP contribution is 2.10. The first-order chi connectivity index (χ1) is 4.68. The Kier molecular flexibility index (Phi) is 14.7. The highest BCUT2D eigenvalue weighted by molar-refractivity contribution is 7.41. The van der Waals surface area contributed by atoms with Gasteiger partial charge in [0.15, 0.2) is 0 Å². The molecule has 3 heteroatoms. The number of rotatable bonds is 3. The molecule has 0 amide bonds. The Morgan fingerprint density at radius 2 is 1.80 bits per heavy atom. The smallest absolute Gasteiger partial charge is 0.210 e. The van der Waals surface area contributed by atoms with Crippen LogP contribution in [0.3, 0.4) is 0 Å². The molecule has 1 N–H and O–H groups in total. The maximum atomic E-state index is 9.44. The molecule has 0 aromatic rings. The van der Waals surface area contributed by atoms with Gasteiger partial charge in [0.05, 0.1) is 0 Å². The van der Waals surface area contributed by atoms with Gasteiger partial charge in [-0.3, -0.25) is 4.57 Å². The van der Waals surface area contributed by atoms with Gasteiger partial charge in [-0.1, -0.05) is 39.7 Å². The van der Waals surface area contributed by atoms with Gasteiger partial charge in [-0.25, -0.2) is 0 Å². The fraction of sp³-hybridized carbons (Fsp3) is 0.714.